The minimum atomic E-state index is 0.191. The van der Waals surface area contributed by atoms with Crippen molar-refractivity contribution in [3.8, 4) is 33.9 Å². The van der Waals surface area contributed by atoms with Gasteiger partial charge >= 0.3 is 0 Å². The Morgan fingerprint density at radius 2 is 1.70 bits per heavy atom. The van der Waals surface area contributed by atoms with Gasteiger partial charge in [-0.25, -0.2) is 9.97 Å². The van der Waals surface area contributed by atoms with Crippen LogP contribution in [-0.2, 0) is 4.79 Å². The van der Waals surface area contributed by atoms with Crippen LogP contribution in [0.1, 0.15) is 20.3 Å². The zero-order chi connectivity index (χ0) is 23.2. The Labute approximate surface area is 195 Å². The lowest BCUT2D eigenvalue weighted by molar-refractivity contribution is -0.131. The Hall–Kier alpha value is -3.61. The Balaban J connectivity index is 1.71. The fourth-order valence-corrected chi connectivity index (χ4v) is 4.06. The van der Waals surface area contributed by atoms with E-state index in [0.29, 0.717) is 45.2 Å². The number of para-hydroxylation sites is 1. The monoisotopic (exact) mass is 446 g/mol. The third kappa shape index (κ3) is 4.92. The Bertz CT molecular complexity index is 1090. The largest absolute Gasteiger partial charge is 0.496 e. The van der Waals surface area contributed by atoms with E-state index in [4.69, 9.17) is 19.4 Å². The van der Waals surface area contributed by atoms with Crippen molar-refractivity contribution in [2.75, 3.05) is 44.8 Å². The highest BCUT2D eigenvalue weighted by Crippen LogP contribution is 2.37. The molecule has 1 aliphatic heterocycles. The summed E-state index contributed by atoms with van der Waals surface area (Å²) in [4.78, 5) is 25.8. The van der Waals surface area contributed by atoms with Gasteiger partial charge < -0.3 is 19.3 Å². The van der Waals surface area contributed by atoms with Crippen molar-refractivity contribution in [1.82, 2.24) is 14.9 Å². The predicted molar refractivity (Wildman–Crippen MR) is 130 cm³/mol. The first-order chi connectivity index (χ1) is 16.1. The summed E-state index contributed by atoms with van der Waals surface area (Å²) in [7, 11) is 1.67. The second-order valence-electron chi connectivity index (χ2n) is 7.81. The van der Waals surface area contributed by atoms with Crippen LogP contribution < -0.4 is 14.4 Å². The van der Waals surface area contributed by atoms with Crippen molar-refractivity contribution in [2.45, 2.75) is 20.3 Å². The smallest absolute Gasteiger partial charge is 0.226 e. The fraction of sp³-hybridized carbons (Fsp3) is 0.346. The summed E-state index contributed by atoms with van der Waals surface area (Å²) in [6.07, 6.45) is 2.41. The van der Waals surface area contributed by atoms with Gasteiger partial charge in [-0.1, -0.05) is 31.2 Å². The summed E-state index contributed by atoms with van der Waals surface area (Å²) in [6.45, 7) is 7.27. The second kappa shape index (κ2) is 10.3. The maximum atomic E-state index is 12.0. The summed E-state index contributed by atoms with van der Waals surface area (Å²) in [5.74, 6) is 2.44. The molecule has 1 fully saturated rings. The van der Waals surface area contributed by atoms with E-state index in [1.54, 1.807) is 7.11 Å². The molecule has 1 amide bonds. The van der Waals surface area contributed by atoms with Crippen LogP contribution in [0.4, 0.5) is 5.95 Å². The molecule has 33 heavy (non-hydrogen) atoms. The van der Waals surface area contributed by atoms with Gasteiger partial charge in [-0.3, -0.25) is 4.79 Å². The summed E-state index contributed by atoms with van der Waals surface area (Å²) in [6, 6.07) is 15.9. The summed E-state index contributed by atoms with van der Waals surface area (Å²) >= 11 is 0. The molecule has 0 N–H and O–H groups in total. The minimum Gasteiger partial charge on any atom is -0.496 e. The summed E-state index contributed by atoms with van der Waals surface area (Å²) < 4.78 is 11.2. The topological polar surface area (TPSA) is 67.8 Å². The number of amides is 1. The normalized spacial score (nSPS) is 13.7. The van der Waals surface area contributed by atoms with Crippen LogP contribution in [0.2, 0.25) is 0 Å². The van der Waals surface area contributed by atoms with Gasteiger partial charge in [0.1, 0.15) is 11.5 Å². The van der Waals surface area contributed by atoms with E-state index in [-0.39, 0.29) is 5.91 Å². The molecule has 0 saturated carbocycles. The number of ether oxygens (including phenoxy) is 2. The quantitative estimate of drug-likeness (QED) is 0.540. The first kappa shape index (κ1) is 22.6. The lowest BCUT2D eigenvalue weighted by Gasteiger charge is -2.34. The predicted octanol–water partition coefficient (Wildman–Crippen LogP) is 4.28. The molecule has 2 aromatic carbocycles. The molecule has 172 valence electrons. The number of aromatic nitrogens is 2. The minimum absolute atomic E-state index is 0.191. The Kier molecular flexibility index (Phi) is 7.07. The molecule has 7 heteroatoms. The van der Waals surface area contributed by atoms with Gasteiger partial charge in [0.2, 0.25) is 11.9 Å². The van der Waals surface area contributed by atoms with E-state index in [2.05, 4.69) is 4.90 Å². The summed E-state index contributed by atoms with van der Waals surface area (Å²) in [5, 5.41) is 0. The average molecular weight is 447 g/mol. The number of carbonyl (C=O) groups is 1. The zero-order valence-corrected chi connectivity index (χ0v) is 19.5. The molecular formula is C26H30N4O3. The van der Waals surface area contributed by atoms with Gasteiger partial charge in [-0.05, 0) is 36.8 Å². The molecule has 0 atom stereocenters. The molecule has 0 unspecified atom stereocenters. The van der Waals surface area contributed by atoms with Gasteiger partial charge in [0, 0.05) is 49.9 Å². The highest BCUT2D eigenvalue weighted by atomic mass is 16.5. The molecule has 7 nitrogen and oxygen atoms in total. The molecule has 0 radical (unpaired) electrons. The van der Waals surface area contributed by atoms with Crippen LogP contribution in [0.15, 0.2) is 54.7 Å². The van der Waals surface area contributed by atoms with Crippen molar-refractivity contribution in [1.29, 1.82) is 0 Å². The van der Waals surface area contributed by atoms with E-state index in [0.717, 1.165) is 33.9 Å². The van der Waals surface area contributed by atoms with Crippen LogP contribution in [0, 0.1) is 0 Å². The van der Waals surface area contributed by atoms with Crippen molar-refractivity contribution in [3.05, 3.63) is 54.7 Å². The molecule has 3 aromatic rings. The van der Waals surface area contributed by atoms with E-state index in [1.165, 1.54) is 0 Å². The van der Waals surface area contributed by atoms with Crippen molar-refractivity contribution in [3.63, 3.8) is 0 Å². The van der Waals surface area contributed by atoms with Crippen LogP contribution in [0.5, 0.6) is 11.5 Å². The number of nitrogens with zero attached hydrogens (tertiary/aromatic N) is 4. The molecule has 0 aliphatic carbocycles. The number of benzene rings is 2. The SMILES string of the molecule is CCOc1ccc(-c2cnc(N3CCN(C(=O)CC)CC3)nc2-c2ccccc2OC)cc1. The second-order valence-corrected chi connectivity index (χ2v) is 7.81. The standard InChI is InChI=1S/C26H30N4O3/c1-4-24(31)29-14-16-30(17-15-29)26-27-18-22(19-10-12-20(13-11-19)33-5-2)25(28-26)21-8-6-7-9-23(21)32-3/h6-13,18H,4-5,14-17H2,1-3H3. The number of rotatable bonds is 7. The highest BCUT2D eigenvalue weighted by Gasteiger charge is 2.23. The molecule has 0 bridgehead atoms. The van der Waals surface area contributed by atoms with Gasteiger partial charge in [0.25, 0.3) is 0 Å². The van der Waals surface area contributed by atoms with Gasteiger partial charge in [0.05, 0.1) is 19.4 Å². The molecule has 0 spiro atoms. The van der Waals surface area contributed by atoms with Crippen LogP contribution >= 0.6 is 0 Å². The lowest BCUT2D eigenvalue weighted by atomic mass is 10.00. The Morgan fingerprint density at radius 3 is 2.36 bits per heavy atom. The number of anilines is 1. The van der Waals surface area contributed by atoms with Crippen LogP contribution in [0.3, 0.4) is 0 Å². The number of piperazine rings is 1. The number of hydrogen-bond acceptors (Lipinski definition) is 6. The van der Waals surface area contributed by atoms with E-state index in [1.807, 2.05) is 73.5 Å². The Morgan fingerprint density at radius 1 is 0.970 bits per heavy atom. The van der Waals surface area contributed by atoms with Gasteiger partial charge in [0.15, 0.2) is 0 Å². The first-order valence-electron chi connectivity index (χ1n) is 11.4. The highest BCUT2D eigenvalue weighted by molar-refractivity contribution is 5.84. The number of methoxy groups -OCH3 is 1. The third-order valence-corrected chi connectivity index (χ3v) is 5.83. The zero-order valence-electron chi connectivity index (χ0n) is 19.5. The first-order valence-corrected chi connectivity index (χ1v) is 11.4. The number of hydrogen-bond donors (Lipinski definition) is 0. The molecule has 2 heterocycles. The summed E-state index contributed by atoms with van der Waals surface area (Å²) in [5.41, 5.74) is 3.65. The van der Waals surface area contributed by atoms with Gasteiger partial charge in [-0.2, -0.15) is 0 Å². The van der Waals surface area contributed by atoms with E-state index >= 15 is 0 Å². The fourth-order valence-electron chi connectivity index (χ4n) is 4.06. The number of carbonyl (C=O) groups excluding carboxylic acids is 1. The van der Waals surface area contributed by atoms with Crippen molar-refractivity contribution < 1.29 is 14.3 Å². The lowest BCUT2D eigenvalue weighted by Crippen LogP contribution is -2.49. The van der Waals surface area contributed by atoms with Crippen LogP contribution in [0.25, 0.3) is 22.4 Å². The van der Waals surface area contributed by atoms with Crippen molar-refractivity contribution in [2.24, 2.45) is 0 Å². The maximum absolute atomic E-state index is 12.0. The average Bonchev–Trinajstić information content (AvgIpc) is 2.88. The van der Waals surface area contributed by atoms with Gasteiger partial charge in [-0.15, -0.1) is 0 Å². The molecule has 4 rings (SSSR count). The maximum Gasteiger partial charge on any atom is 0.226 e. The third-order valence-electron chi connectivity index (χ3n) is 5.83. The van der Waals surface area contributed by atoms with E-state index < -0.39 is 0 Å². The van der Waals surface area contributed by atoms with Crippen molar-refractivity contribution >= 4 is 11.9 Å². The molecule has 1 aliphatic rings. The van der Waals surface area contributed by atoms with Crippen LogP contribution in [-0.4, -0.2) is 60.7 Å². The van der Waals surface area contributed by atoms with E-state index in [9.17, 15) is 4.79 Å². The molecule has 1 aromatic heterocycles. The molecule has 1 saturated heterocycles. The molecular weight excluding hydrogens is 416 g/mol.